The average Bonchev–Trinajstić information content (AvgIpc) is 2.77. The van der Waals surface area contributed by atoms with Gasteiger partial charge in [0.2, 0.25) is 0 Å². The van der Waals surface area contributed by atoms with Crippen molar-refractivity contribution in [2.75, 3.05) is 71.1 Å². The number of morpholine rings is 2. The predicted molar refractivity (Wildman–Crippen MR) is 119 cm³/mol. The molecule has 2 saturated heterocycles. The first-order valence-corrected chi connectivity index (χ1v) is 10.9. The Morgan fingerprint density at radius 3 is 2.31 bits per heavy atom. The van der Waals surface area contributed by atoms with Crippen molar-refractivity contribution in [3.63, 3.8) is 0 Å². The van der Waals surface area contributed by atoms with Crippen molar-refractivity contribution < 1.29 is 9.47 Å². The van der Waals surface area contributed by atoms with E-state index in [4.69, 9.17) is 9.47 Å². The SMILES string of the molecule is CN=C(NCc1ccccc1N1CCOCC1)NCC(C(C)C)N1CCOCC1. The van der Waals surface area contributed by atoms with E-state index < -0.39 is 0 Å². The number of guanidine groups is 1. The van der Waals surface area contributed by atoms with Crippen molar-refractivity contribution in [2.45, 2.75) is 26.4 Å². The van der Waals surface area contributed by atoms with Crippen LogP contribution in [0.5, 0.6) is 0 Å². The van der Waals surface area contributed by atoms with E-state index in [9.17, 15) is 0 Å². The lowest BCUT2D eigenvalue weighted by Crippen LogP contribution is -2.52. The zero-order valence-corrected chi connectivity index (χ0v) is 18.2. The van der Waals surface area contributed by atoms with Crippen LogP contribution >= 0.6 is 0 Å². The lowest BCUT2D eigenvalue weighted by molar-refractivity contribution is 0.00752. The molecule has 0 bridgehead atoms. The van der Waals surface area contributed by atoms with Crippen LogP contribution < -0.4 is 15.5 Å². The third-order valence-corrected chi connectivity index (χ3v) is 5.78. The van der Waals surface area contributed by atoms with E-state index in [2.05, 4.69) is 63.5 Å². The number of anilines is 1. The summed E-state index contributed by atoms with van der Waals surface area (Å²) < 4.78 is 11.0. The summed E-state index contributed by atoms with van der Waals surface area (Å²) in [6.45, 7) is 13.3. The maximum atomic E-state index is 5.52. The van der Waals surface area contributed by atoms with E-state index in [-0.39, 0.29) is 0 Å². The van der Waals surface area contributed by atoms with Gasteiger partial charge in [-0.2, -0.15) is 0 Å². The highest BCUT2D eigenvalue weighted by atomic mass is 16.5. The quantitative estimate of drug-likeness (QED) is 0.532. The number of para-hydroxylation sites is 1. The summed E-state index contributed by atoms with van der Waals surface area (Å²) in [6, 6.07) is 9.07. The number of hydrogen-bond acceptors (Lipinski definition) is 5. The number of nitrogens with one attached hydrogen (secondary N) is 2. The van der Waals surface area contributed by atoms with E-state index in [1.54, 1.807) is 0 Å². The molecule has 2 fully saturated rings. The molecule has 2 N–H and O–H groups in total. The lowest BCUT2D eigenvalue weighted by Gasteiger charge is -2.37. The molecule has 0 spiro atoms. The first-order chi connectivity index (χ1) is 14.2. The molecule has 7 heteroatoms. The molecule has 0 aliphatic carbocycles. The summed E-state index contributed by atoms with van der Waals surface area (Å²) >= 11 is 0. The van der Waals surface area contributed by atoms with Gasteiger partial charge in [0.05, 0.1) is 26.4 Å². The molecule has 162 valence electrons. The highest BCUT2D eigenvalue weighted by Gasteiger charge is 2.24. The van der Waals surface area contributed by atoms with Gasteiger partial charge in [-0.05, 0) is 17.5 Å². The Labute approximate surface area is 175 Å². The van der Waals surface area contributed by atoms with Crippen LogP contribution in [-0.2, 0) is 16.0 Å². The van der Waals surface area contributed by atoms with Gasteiger partial charge >= 0.3 is 0 Å². The Bertz CT molecular complexity index is 640. The van der Waals surface area contributed by atoms with Crippen molar-refractivity contribution in [3.8, 4) is 0 Å². The molecule has 2 aliphatic heterocycles. The first-order valence-electron chi connectivity index (χ1n) is 10.9. The highest BCUT2D eigenvalue weighted by Crippen LogP contribution is 2.21. The van der Waals surface area contributed by atoms with Gasteiger partial charge in [0.25, 0.3) is 0 Å². The number of ether oxygens (including phenoxy) is 2. The highest BCUT2D eigenvalue weighted by molar-refractivity contribution is 5.79. The molecule has 7 nitrogen and oxygen atoms in total. The number of benzene rings is 1. The van der Waals surface area contributed by atoms with E-state index in [0.29, 0.717) is 12.0 Å². The van der Waals surface area contributed by atoms with Crippen molar-refractivity contribution in [2.24, 2.45) is 10.9 Å². The molecule has 1 aromatic rings. The fourth-order valence-electron chi connectivity index (χ4n) is 4.07. The monoisotopic (exact) mass is 403 g/mol. The fourth-order valence-corrected chi connectivity index (χ4v) is 4.07. The van der Waals surface area contributed by atoms with Crippen LogP contribution in [0.1, 0.15) is 19.4 Å². The third-order valence-electron chi connectivity index (χ3n) is 5.78. The van der Waals surface area contributed by atoms with Gasteiger partial charge in [0, 0.05) is 58.0 Å². The van der Waals surface area contributed by atoms with E-state index in [0.717, 1.165) is 71.7 Å². The predicted octanol–water partition coefficient (Wildman–Crippen LogP) is 1.55. The van der Waals surface area contributed by atoms with Crippen molar-refractivity contribution >= 4 is 11.6 Å². The summed E-state index contributed by atoms with van der Waals surface area (Å²) in [5.74, 6) is 1.42. The van der Waals surface area contributed by atoms with Crippen LogP contribution in [0.15, 0.2) is 29.3 Å². The molecule has 29 heavy (non-hydrogen) atoms. The minimum absolute atomic E-state index is 0.470. The van der Waals surface area contributed by atoms with Crippen molar-refractivity contribution in [1.82, 2.24) is 15.5 Å². The molecule has 0 aromatic heterocycles. The van der Waals surface area contributed by atoms with Crippen LogP contribution in [0.25, 0.3) is 0 Å². The van der Waals surface area contributed by atoms with Crippen LogP contribution in [0, 0.1) is 5.92 Å². The molecule has 1 aromatic carbocycles. The standard InChI is InChI=1S/C22H37N5O2/c1-18(2)21(27-10-14-29-15-11-27)17-25-22(23-3)24-16-19-6-4-5-7-20(19)26-8-12-28-13-9-26/h4-7,18,21H,8-17H2,1-3H3,(H2,23,24,25). The zero-order chi connectivity index (χ0) is 20.5. The van der Waals surface area contributed by atoms with Gasteiger partial charge in [-0.25, -0.2) is 0 Å². The van der Waals surface area contributed by atoms with Gasteiger partial charge < -0.3 is 25.0 Å². The number of aliphatic imine (C=N–C) groups is 1. The Kier molecular flexibility index (Phi) is 8.58. The summed E-state index contributed by atoms with van der Waals surface area (Å²) in [6.07, 6.45) is 0. The van der Waals surface area contributed by atoms with Crippen LogP contribution in [-0.4, -0.2) is 83.1 Å². The van der Waals surface area contributed by atoms with Crippen LogP contribution in [0.2, 0.25) is 0 Å². The van der Waals surface area contributed by atoms with Crippen LogP contribution in [0.4, 0.5) is 5.69 Å². The molecule has 2 heterocycles. The smallest absolute Gasteiger partial charge is 0.191 e. The molecule has 0 amide bonds. The van der Waals surface area contributed by atoms with Gasteiger partial charge in [0.15, 0.2) is 5.96 Å². The summed E-state index contributed by atoms with van der Waals surface area (Å²) in [5, 5.41) is 7.04. The third kappa shape index (κ3) is 6.32. The fraction of sp³-hybridized carbons (Fsp3) is 0.682. The second-order valence-electron chi connectivity index (χ2n) is 7.99. The molecular formula is C22H37N5O2. The van der Waals surface area contributed by atoms with E-state index >= 15 is 0 Å². The molecule has 1 atom stereocenters. The maximum Gasteiger partial charge on any atom is 0.191 e. The minimum Gasteiger partial charge on any atom is -0.379 e. The maximum absolute atomic E-state index is 5.52. The van der Waals surface area contributed by atoms with E-state index in [1.165, 1.54) is 11.3 Å². The summed E-state index contributed by atoms with van der Waals surface area (Å²) in [4.78, 5) is 9.38. The molecule has 1 unspecified atom stereocenters. The second-order valence-corrected chi connectivity index (χ2v) is 7.99. The number of nitrogens with zero attached hydrogens (tertiary/aromatic N) is 3. The second kappa shape index (κ2) is 11.4. The summed E-state index contributed by atoms with van der Waals surface area (Å²) in [7, 11) is 1.84. The zero-order valence-electron chi connectivity index (χ0n) is 18.2. The lowest BCUT2D eigenvalue weighted by atomic mass is 10.0. The first kappa shape index (κ1) is 21.9. The average molecular weight is 404 g/mol. The molecular weight excluding hydrogens is 366 g/mol. The van der Waals surface area contributed by atoms with Gasteiger partial charge in [-0.3, -0.25) is 9.89 Å². The molecule has 0 radical (unpaired) electrons. The van der Waals surface area contributed by atoms with Gasteiger partial charge in [-0.1, -0.05) is 32.0 Å². The Morgan fingerprint density at radius 1 is 1.00 bits per heavy atom. The minimum atomic E-state index is 0.470. The Hall–Kier alpha value is -1.83. The largest absolute Gasteiger partial charge is 0.379 e. The molecule has 0 saturated carbocycles. The van der Waals surface area contributed by atoms with Crippen LogP contribution in [0.3, 0.4) is 0 Å². The number of rotatable bonds is 7. The summed E-state index contributed by atoms with van der Waals surface area (Å²) in [5.41, 5.74) is 2.57. The Balaban J connectivity index is 1.55. The van der Waals surface area contributed by atoms with Gasteiger partial charge in [0.1, 0.15) is 0 Å². The van der Waals surface area contributed by atoms with Crippen molar-refractivity contribution in [1.29, 1.82) is 0 Å². The normalized spacial score (nSPS) is 20.0. The van der Waals surface area contributed by atoms with Crippen molar-refractivity contribution in [3.05, 3.63) is 29.8 Å². The van der Waals surface area contributed by atoms with Gasteiger partial charge in [-0.15, -0.1) is 0 Å². The molecule has 3 rings (SSSR count). The Morgan fingerprint density at radius 2 is 1.66 bits per heavy atom. The molecule has 2 aliphatic rings. The number of hydrogen-bond donors (Lipinski definition) is 2. The van der Waals surface area contributed by atoms with E-state index in [1.807, 2.05) is 7.05 Å². The topological polar surface area (TPSA) is 61.4 Å².